The minimum atomic E-state index is 0.797. The van der Waals surface area contributed by atoms with Crippen LogP contribution >= 0.6 is 27.3 Å². The van der Waals surface area contributed by atoms with E-state index in [4.69, 9.17) is 4.42 Å². The number of hydrogen-bond donors (Lipinski definition) is 0. The zero-order chi connectivity index (χ0) is 9.26. The van der Waals surface area contributed by atoms with Crippen LogP contribution in [0, 0.1) is 0 Å². The van der Waals surface area contributed by atoms with E-state index < -0.39 is 0 Å². The van der Waals surface area contributed by atoms with Crippen molar-refractivity contribution < 1.29 is 4.42 Å². The number of halogens is 1. The quantitative estimate of drug-likeness (QED) is 0.831. The van der Waals surface area contributed by atoms with Gasteiger partial charge >= 0.3 is 0 Å². The molecule has 0 aliphatic heterocycles. The van der Waals surface area contributed by atoms with Crippen LogP contribution in [-0.4, -0.2) is 10.2 Å². The fourth-order valence-corrected chi connectivity index (χ4v) is 2.27. The lowest BCUT2D eigenvalue weighted by Gasteiger charge is -1.92. The molecule has 0 amide bonds. The Bertz CT molecular complexity index is 410. The second kappa shape index (κ2) is 3.59. The Morgan fingerprint density at radius 1 is 1.54 bits per heavy atom. The van der Waals surface area contributed by atoms with Gasteiger partial charge in [-0.1, -0.05) is 18.3 Å². The average molecular weight is 259 g/mol. The van der Waals surface area contributed by atoms with Gasteiger partial charge in [-0.25, -0.2) is 0 Å². The molecular weight excluding hydrogens is 252 g/mol. The second-order valence-corrected chi connectivity index (χ2v) is 4.72. The molecular formula is C8H7BrN2OS. The summed E-state index contributed by atoms with van der Waals surface area (Å²) in [6.45, 7) is 2.05. The Hall–Kier alpha value is -0.680. The molecule has 2 rings (SSSR count). The summed E-state index contributed by atoms with van der Waals surface area (Å²) in [4.78, 5) is 0. The van der Waals surface area contributed by atoms with Gasteiger partial charge in [0.2, 0.25) is 0 Å². The minimum absolute atomic E-state index is 0.797. The van der Waals surface area contributed by atoms with Crippen molar-refractivity contribution in [2.45, 2.75) is 13.3 Å². The highest BCUT2D eigenvalue weighted by molar-refractivity contribution is 9.11. The fourth-order valence-electron chi connectivity index (χ4n) is 1.12. The Kier molecular flexibility index (Phi) is 2.46. The third-order valence-electron chi connectivity index (χ3n) is 1.70. The Labute approximate surface area is 87.9 Å². The van der Waals surface area contributed by atoms with Gasteiger partial charge < -0.3 is 4.42 Å². The molecule has 0 spiro atoms. The van der Waals surface area contributed by atoms with Crippen LogP contribution in [0.1, 0.15) is 12.7 Å². The Balaban J connectivity index is 2.45. The molecule has 0 saturated carbocycles. The maximum atomic E-state index is 5.30. The lowest BCUT2D eigenvalue weighted by molar-refractivity contribution is 0.517. The van der Waals surface area contributed by atoms with Crippen molar-refractivity contribution >= 4 is 27.3 Å². The third-order valence-corrected chi connectivity index (χ3v) is 3.09. The van der Waals surface area contributed by atoms with Crippen molar-refractivity contribution in [3.8, 4) is 10.6 Å². The monoisotopic (exact) mass is 258 g/mol. The van der Waals surface area contributed by atoms with Crippen LogP contribution in [0.2, 0.25) is 0 Å². The van der Waals surface area contributed by atoms with Gasteiger partial charge in [-0.15, -0.1) is 10.2 Å². The molecule has 5 heteroatoms. The van der Waals surface area contributed by atoms with Crippen LogP contribution in [0.25, 0.3) is 10.6 Å². The summed E-state index contributed by atoms with van der Waals surface area (Å²) < 4.78 is 6.10. The third kappa shape index (κ3) is 1.66. The zero-order valence-corrected chi connectivity index (χ0v) is 9.35. The van der Waals surface area contributed by atoms with Crippen LogP contribution in [-0.2, 0) is 6.42 Å². The number of aryl methyl sites for hydroxylation is 1. The number of nitrogens with zero attached hydrogens (tertiary/aromatic N) is 2. The smallest absolute Gasteiger partial charge is 0.183 e. The summed E-state index contributed by atoms with van der Waals surface area (Å²) in [6, 6.07) is 1.92. The summed E-state index contributed by atoms with van der Waals surface area (Å²) >= 11 is 4.79. The van der Waals surface area contributed by atoms with Crippen molar-refractivity contribution in [2.75, 3.05) is 0 Å². The molecule has 0 saturated heterocycles. The van der Waals surface area contributed by atoms with E-state index in [-0.39, 0.29) is 0 Å². The van der Waals surface area contributed by atoms with E-state index in [9.17, 15) is 0 Å². The second-order valence-electron chi connectivity index (χ2n) is 2.47. The largest absolute Gasteiger partial charge is 0.469 e. The van der Waals surface area contributed by atoms with Crippen molar-refractivity contribution in [3.05, 3.63) is 22.0 Å². The highest BCUT2D eigenvalue weighted by atomic mass is 79.9. The van der Waals surface area contributed by atoms with Crippen LogP contribution in [0.15, 0.2) is 20.7 Å². The Morgan fingerprint density at radius 3 is 3.00 bits per heavy atom. The van der Waals surface area contributed by atoms with E-state index in [0.29, 0.717) is 0 Å². The molecule has 2 aromatic rings. The van der Waals surface area contributed by atoms with Crippen molar-refractivity contribution in [1.82, 2.24) is 10.2 Å². The molecule has 0 aliphatic carbocycles. The highest BCUT2D eigenvalue weighted by Crippen LogP contribution is 2.29. The molecule has 0 radical (unpaired) electrons. The summed E-state index contributed by atoms with van der Waals surface area (Å²) in [5.41, 5.74) is 1.05. The molecule has 0 unspecified atom stereocenters. The minimum Gasteiger partial charge on any atom is -0.469 e. The first kappa shape index (κ1) is 8.90. The maximum absolute atomic E-state index is 5.30. The molecule has 0 atom stereocenters. The first-order valence-electron chi connectivity index (χ1n) is 3.87. The van der Waals surface area contributed by atoms with Gasteiger partial charge in [-0.2, -0.15) is 0 Å². The molecule has 0 bridgehead atoms. The molecule has 68 valence electrons. The van der Waals surface area contributed by atoms with Crippen LogP contribution in [0.3, 0.4) is 0 Å². The van der Waals surface area contributed by atoms with Gasteiger partial charge in [0.15, 0.2) is 8.92 Å². The SMILES string of the molecule is CCc1occc1-c1nnc(Br)s1. The fraction of sp³-hybridized carbons (Fsp3) is 0.250. The standard InChI is InChI=1S/C8H7BrN2OS/c1-2-6-5(3-4-12-6)7-10-11-8(9)13-7/h3-4H,2H2,1H3. The van der Waals surface area contributed by atoms with Crippen LogP contribution in [0.5, 0.6) is 0 Å². The van der Waals surface area contributed by atoms with Gasteiger partial charge in [0, 0.05) is 6.42 Å². The molecule has 0 fully saturated rings. The van der Waals surface area contributed by atoms with E-state index >= 15 is 0 Å². The predicted molar refractivity (Wildman–Crippen MR) is 54.7 cm³/mol. The zero-order valence-electron chi connectivity index (χ0n) is 6.95. The van der Waals surface area contributed by atoms with E-state index in [2.05, 4.69) is 33.1 Å². The van der Waals surface area contributed by atoms with E-state index in [1.165, 1.54) is 11.3 Å². The normalized spacial score (nSPS) is 10.6. The number of hydrogen-bond acceptors (Lipinski definition) is 4. The van der Waals surface area contributed by atoms with Gasteiger partial charge in [0.25, 0.3) is 0 Å². The molecule has 13 heavy (non-hydrogen) atoms. The van der Waals surface area contributed by atoms with Gasteiger partial charge in [-0.3, -0.25) is 0 Å². The Morgan fingerprint density at radius 2 is 2.38 bits per heavy atom. The van der Waals surface area contributed by atoms with Crippen molar-refractivity contribution in [3.63, 3.8) is 0 Å². The van der Waals surface area contributed by atoms with E-state index in [0.717, 1.165) is 26.7 Å². The molecule has 2 aromatic heterocycles. The number of rotatable bonds is 2. The van der Waals surface area contributed by atoms with E-state index in [1.54, 1.807) is 6.26 Å². The molecule has 0 aliphatic rings. The first-order valence-corrected chi connectivity index (χ1v) is 5.48. The summed E-state index contributed by atoms with van der Waals surface area (Å²) in [6.07, 6.45) is 2.56. The first-order chi connectivity index (χ1) is 6.31. The van der Waals surface area contributed by atoms with Crippen molar-refractivity contribution in [1.29, 1.82) is 0 Å². The lowest BCUT2D eigenvalue weighted by Crippen LogP contribution is -1.80. The molecule has 2 heterocycles. The van der Waals surface area contributed by atoms with Crippen LogP contribution in [0.4, 0.5) is 0 Å². The van der Waals surface area contributed by atoms with Crippen molar-refractivity contribution in [2.24, 2.45) is 0 Å². The predicted octanol–water partition coefficient (Wildman–Crippen LogP) is 3.12. The summed E-state index contributed by atoms with van der Waals surface area (Å²) in [7, 11) is 0. The highest BCUT2D eigenvalue weighted by Gasteiger charge is 2.11. The topological polar surface area (TPSA) is 38.9 Å². The molecule has 0 aromatic carbocycles. The number of furan rings is 1. The summed E-state index contributed by atoms with van der Waals surface area (Å²) in [5.74, 6) is 0.962. The van der Waals surface area contributed by atoms with Gasteiger partial charge in [-0.05, 0) is 22.0 Å². The van der Waals surface area contributed by atoms with Gasteiger partial charge in [0.05, 0.1) is 11.8 Å². The van der Waals surface area contributed by atoms with Crippen LogP contribution < -0.4 is 0 Å². The van der Waals surface area contributed by atoms with E-state index in [1.807, 2.05) is 6.07 Å². The summed E-state index contributed by atoms with van der Waals surface area (Å²) in [5, 5.41) is 8.82. The lowest BCUT2D eigenvalue weighted by atomic mass is 10.2. The number of aromatic nitrogens is 2. The average Bonchev–Trinajstić information content (AvgIpc) is 2.71. The van der Waals surface area contributed by atoms with Gasteiger partial charge in [0.1, 0.15) is 5.76 Å². The molecule has 3 nitrogen and oxygen atoms in total. The maximum Gasteiger partial charge on any atom is 0.183 e. The molecule has 0 N–H and O–H groups in total.